The highest BCUT2D eigenvalue weighted by Gasteiger charge is 2.12. The number of benzene rings is 1. The second-order valence-corrected chi connectivity index (χ2v) is 5.30. The summed E-state index contributed by atoms with van der Waals surface area (Å²) in [6, 6.07) is 8.76. The molecule has 2 heterocycles. The maximum absolute atomic E-state index is 13.6. The van der Waals surface area contributed by atoms with Gasteiger partial charge in [0.1, 0.15) is 23.0 Å². The monoisotopic (exact) mass is 319 g/mol. The molecule has 0 aliphatic heterocycles. The van der Waals surface area contributed by atoms with E-state index >= 15 is 0 Å². The van der Waals surface area contributed by atoms with E-state index in [1.165, 1.54) is 6.07 Å². The van der Waals surface area contributed by atoms with Gasteiger partial charge in [-0.25, -0.2) is 9.37 Å². The Hall–Kier alpha value is -1.88. The van der Waals surface area contributed by atoms with E-state index in [9.17, 15) is 4.39 Å². The minimum Gasteiger partial charge on any atom is -0.383 e. The molecule has 0 radical (unpaired) electrons. The van der Waals surface area contributed by atoms with E-state index in [0.717, 1.165) is 10.1 Å². The molecule has 0 saturated heterocycles. The smallest absolute Gasteiger partial charge is 0.139 e. The van der Waals surface area contributed by atoms with Crippen LogP contribution in [0.1, 0.15) is 5.56 Å². The van der Waals surface area contributed by atoms with Crippen molar-refractivity contribution in [3.63, 3.8) is 0 Å². The molecule has 1 aromatic carbocycles. The van der Waals surface area contributed by atoms with Gasteiger partial charge in [0.25, 0.3) is 0 Å². The highest BCUT2D eigenvalue weighted by atomic mass is 79.9. The Bertz CT molecular complexity index is 780. The molecule has 0 saturated carbocycles. The Morgan fingerprint density at radius 1 is 1.26 bits per heavy atom. The van der Waals surface area contributed by atoms with Crippen molar-refractivity contribution >= 4 is 27.4 Å². The van der Waals surface area contributed by atoms with Gasteiger partial charge in [0, 0.05) is 16.2 Å². The number of halogens is 2. The first-order valence-electron chi connectivity index (χ1n) is 5.76. The zero-order valence-corrected chi connectivity index (χ0v) is 11.8. The lowest BCUT2D eigenvalue weighted by Gasteiger charge is -2.02. The van der Waals surface area contributed by atoms with Crippen LogP contribution in [0.4, 0.5) is 10.2 Å². The number of nitrogens with zero attached hydrogens (tertiary/aromatic N) is 2. The first kappa shape index (κ1) is 12.2. The summed E-state index contributed by atoms with van der Waals surface area (Å²) in [4.78, 5) is 4.44. The van der Waals surface area contributed by atoms with Crippen molar-refractivity contribution in [1.29, 1.82) is 0 Å². The first-order chi connectivity index (χ1) is 9.06. The summed E-state index contributed by atoms with van der Waals surface area (Å²) in [6.45, 7) is 1.73. The molecule has 0 fully saturated rings. The lowest BCUT2D eigenvalue weighted by atomic mass is 10.1. The molecular weight excluding hydrogens is 309 g/mol. The number of hydrogen-bond donors (Lipinski definition) is 1. The van der Waals surface area contributed by atoms with Crippen molar-refractivity contribution in [3.8, 4) is 11.3 Å². The third kappa shape index (κ3) is 2.00. The van der Waals surface area contributed by atoms with E-state index in [1.807, 2.05) is 24.4 Å². The van der Waals surface area contributed by atoms with Crippen molar-refractivity contribution in [2.24, 2.45) is 0 Å². The Morgan fingerprint density at radius 3 is 2.79 bits per heavy atom. The van der Waals surface area contributed by atoms with Crippen molar-refractivity contribution in [3.05, 3.63) is 52.4 Å². The van der Waals surface area contributed by atoms with Crippen LogP contribution in [-0.2, 0) is 0 Å². The maximum Gasteiger partial charge on any atom is 0.139 e. The fourth-order valence-electron chi connectivity index (χ4n) is 1.99. The summed E-state index contributed by atoms with van der Waals surface area (Å²) < 4.78 is 16.3. The minimum absolute atomic E-state index is 0.255. The van der Waals surface area contributed by atoms with Crippen LogP contribution in [0.25, 0.3) is 16.9 Å². The minimum atomic E-state index is -0.255. The molecule has 0 bridgehead atoms. The highest BCUT2D eigenvalue weighted by Crippen LogP contribution is 2.28. The van der Waals surface area contributed by atoms with Gasteiger partial charge < -0.3 is 5.73 Å². The van der Waals surface area contributed by atoms with Gasteiger partial charge >= 0.3 is 0 Å². The van der Waals surface area contributed by atoms with Gasteiger partial charge in [-0.15, -0.1) is 0 Å². The molecule has 0 aliphatic carbocycles. The third-order valence-corrected chi connectivity index (χ3v) is 3.53. The molecule has 19 heavy (non-hydrogen) atoms. The molecule has 0 atom stereocenters. The van der Waals surface area contributed by atoms with Crippen LogP contribution in [0.5, 0.6) is 0 Å². The number of nitrogens with two attached hydrogens (primary N) is 1. The maximum atomic E-state index is 13.6. The Balaban J connectivity index is 2.24. The van der Waals surface area contributed by atoms with Crippen molar-refractivity contribution in [2.45, 2.75) is 6.92 Å². The van der Waals surface area contributed by atoms with E-state index in [-0.39, 0.29) is 5.82 Å². The molecule has 0 amide bonds. The molecule has 2 N–H and O–H groups in total. The number of aromatic nitrogens is 2. The molecule has 5 heteroatoms. The molecule has 96 valence electrons. The second kappa shape index (κ2) is 4.35. The molecule has 0 spiro atoms. The van der Waals surface area contributed by atoms with E-state index < -0.39 is 0 Å². The normalized spacial score (nSPS) is 11.1. The zero-order chi connectivity index (χ0) is 13.6. The van der Waals surface area contributed by atoms with Crippen LogP contribution in [-0.4, -0.2) is 9.38 Å². The summed E-state index contributed by atoms with van der Waals surface area (Å²) in [7, 11) is 0. The largest absolute Gasteiger partial charge is 0.383 e. The average Bonchev–Trinajstić information content (AvgIpc) is 2.70. The SMILES string of the molecule is Cc1ccc(-c2nc3ccc(Br)cn3c2N)cc1F. The molecule has 0 aliphatic rings. The average molecular weight is 320 g/mol. The van der Waals surface area contributed by atoms with Gasteiger partial charge in [-0.2, -0.15) is 0 Å². The molecule has 2 aromatic heterocycles. The number of pyridine rings is 1. The summed E-state index contributed by atoms with van der Waals surface area (Å²) in [5.74, 6) is 0.245. The Kier molecular flexibility index (Phi) is 2.78. The summed E-state index contributed by atoms with van der Waals surface area (Å²) in [5.41, 5.74) is 8.70. The van der Waals surface area contributed by atoms with E-state index in [2.05, 4.69) is 20.9 Å². The van der Waals surface area contributed by atoms with Crippen LogP contribution in [0.3, 0.4) is 0 Å². The molecule has 3 rings (SSSR count). The fourth-order valence-corrected chi connectivity index (χ4v) is 2.33. The van der Waals surface area contributed by atoms with Crippen molar-refractivity contribution < 1.29 is 4.39 Å². The van der Waals surface area contributed by atoms with Crippen molar-refractivity contribution in [2.75, 3.05) is 5.73 Å². The van der Waals surface area contributed by atoms with E-state index in [4.69, 9.17) is 5.73 Å². The summed E-state index contributed by atoms with van der Waals surface area (Å²) >= 11 is 3.39. The number of imidazole rings is 1. The van der Waals surface area contributed by atoms with Gasteiger partial charge in [0.2, 0.25) is 0 Å². The first-order valence-corrected chi connectivity index (χ1v) is 6.55. The number of nitrogen functional groups attached to an aromatic ring is 1. The van der Waals surface area contributed by atoms with Gasteiger partial charge in [-0.1, -0.05) is 12.1 Å². The second-order valence-electron chi connectivity index (χ2n) is 4.39. The van der Waals surface area contributed by atoms with E-state index in [0.29, 0.717) is 22.6 Å². The van der Waals surface area contributed by atoms with Crippen molar-refractivity contribution in [1.82, 2.24) is 9.38 Å². The predicted molar refractivity (Wildman–Crippen MR) is 77.4 cm³/mol. The Labute approximate surface area is 118 Å². The van der Waals surface area contributed by atoms with Gasteiger partial charge in [0.05, 0.1) is 0 Å². The number of aryl methyl sites for hydroxylation is 1. The lowest BCUT2D eigenvalue weighted by molar-refractivity contribution is 0.619. The molecule has 3 aromatic rings. The van der Waals surface area contributed by atoms with Crippen LogP contribution in [0.15, 0.2) is 41.0 Å². The van der Waals surface area contributed by atoms with Gasteiger partial charge in [-0.05, 0) is 46.6 Å². The molecule has 0 unspecified atom stereocenters. The fraction of sp³-hybridized carbons (Fsp3) is 0.0714. The summed E-state index contributed by atoms with van der Waals surface area (Å²) in [5, 5.41) is 0. The number of hydrogen-bond acceptors (Lipinski definition) is 2. The standard InChI is InChI=1S/C14H11BrFN3/c1-8-2-3-9(6-11(8)16)13-14(17)19-7-10(15)4-5-12(19)18-13/h2-7H,17H2,1H3. The molecular formula is C14H11BrFN3. The van der Waals surface area contributed by atoms with Crippen LogP contribution >= 0.6 is 15.9 Å². The third-order valence-electron chi connectivity index (χ3n) is 3.06. The Morgan fingerprint density at radius 2 is 2.05 bits per heavy atom. The topological polar surface area (TPSA) is 43.3 Å². The van der Waals surface area contributed by atoms with Crippen LogP contribution in [0, 0.1) is 12.7 Å². The van der Waals surface area contributed by atoms with Gasteiger partial charge in [-0.3, -0.25) is 4.40 Å². The zero-order valence-electron chi connectivity index (χ0n) is 10.2. The number of fused-ring (bicyclic) bond motifs is 1. The summed E-state index contributed by atoms with van der Waals surface area (Å²) in [6.07, 6.45) is 1.84. The highest BCUT2D eigenvalue weighted by molar-refractivity contribution is 9.10. The van der Waals surface area contributed by atoms with Crippen LogP contribution < -0.4 is 5.73 Å². The lowest BCUT2D eigenvalue weighted by Crippen LogP contribution is -1.94. The predicted octanol–water partition coefficient (Wildman–Crippen LogP) is 3.79. The van der Waals surface area contributed by atoms with E-state index in [1.54, 1.807) is 17.4 Å². The van der Waals surface area contributed by atoms with Gasteiger partial charge in [0.15, 0.2) is 0 Å². The molecule has 3 nitrogen and oxygen atoms in total. The van der Waals surface area contributed by atoms with Crippen LogP contribution in [0.2, 0.25) is 0 Å². The quantitative estimate of drug-likeness (QED) is 0.741. The number of rotatable bonds is 1. The number of anilines is 1.